The zero-order chi connectivity index (χ0) is 18.0. The van der Waals surface area contributed by atoms with Crippen molar-refractivity contribution in [1.29, 1.82) is 0 Å². The van der Waals surface area contributed by atoms with Gasteiger partial charge in [-0.2, -0.15) is 13.2 Å². The Morgan fingerprint density at radius 2 is 2.04 bits per heavy atom. The molecule has 0 spiro atoms. The van der Waals surface area contributed by atoms with E-state index < -0.39 is 18.0 Å². The third kappa shape index (κ3) is 4.29. The predicted octanol–water partition coefficient (Wildman–Crippen LogP) is 3.50. The number of thioether (sulfide) groups is 1. The van der Waals surface area contributed by atoms with Crippen molar-refractivity contribution in [3.63, 3.8) is 0 Å². The van der Waals surface area contributed by atoms with Crippen molar-refractivity contribution in [3.8, 4) is 5.75 Å². The minimum atomic E-state index is -4.21. The van der Waals surface area contributed by atoms with Gasteiger partial charge in [-0.05, 0) is 30.5 Å². The number of piperidine rings is 1. The van der Waals surface area contributed by atoms with E-state index in [4.69, 9.17) is 4.74 Å². The maximum Gasteiger partial charge on any atom is 0.397 e. The molecule has 1 saturated heterocycles. The van der Waals surface area contributed by atoms with Crippen molar-refractivity contribution in [2.24, 2.45) is 0 Å². The van der Waals surface area contributed by atoms with E-state index in [1.54, 1.807) is 23.1 Å². The number of hydrogen-bond donors (Lipinski definition) is 0. The van der Waals surface area contributed by atoms with E-state index in [2.05, 4.69) is 0 Å². The number of ether oxygens (including phenoxy) is 1. The zero-order valence-electron chi connectivity index (χ0n) is 13.5. The second-order valence-electron chi connectivity index (χ2n) is 6.18. The molecule has 136 valence electrons. The quantitative estimate of drug-likeness (QED) is 0.811. The Kier molecular flexibility index (Phi) is 5.27. The molecule has 1 amide bonds. The number of likely N-dealkylation sites (tertiary alicyclic amines) is 1. The van der Waals surface area contributed by atoms with Crippen LogP contribution < -0.4 is 4.74 Å². The monoisotopic (exact) mass is 373 g/mol. The molecule has 0 aliphatic carbocycles. The van der Waals surface area contributed by atoms with Crippen molar-refractivity contribution in [3.05, 3.63) is 29.3 Å². The van der Waals surface area contributed by atoms with Crippen LogP contribution in [0.1, 0.15) is 36.4 Å². The van der Waals surface area contributed by atoms with Gasteiger partial charge >= 0.3 is 6.18 Å². The van der Waals surface area contributed by atoms with Crippen LogP contribution >= 0.6 is 11.8 Å². The lowest BCUT2D eigenvalue weighted by molar-refractivity contribution is -0.143. The summed E-state index contributed by atoms with van der Waals surface area (Å²) in [4.78, 5) is 26.2. The first-order valence-corrected chi connectivity index (χ1v) is 9.23. The van der Waals surface area contributed by atoms with Crippen LogP contribution in [0.5, 0.6) is 5.75 Å². The van der Waals surface area contributed by atoms with Gasteiger partial charge in [-0.25, -0.2) is 0 Å². The summed E-state index contributed by atoms with van der Waals surface area (Å²) in [5.74, 6) is -0.473. The van der Waals surface area contributed by atoms with Crippen molar-refractivity contribution in [2.45, 2.75) is 37.2 Å². The van der Waals surface area contributed by atoms with E-state index in [-0.39, 0.29) is 24.1 Å². The number of halogens is 3. The van der Waals surface area contributed by atoms with Crippen molar-refractivity contribution in [1.82, 2.24) is 4.90 Å². The number of Topliss-reactive ketones (excluding diaryl/α,β-unsaturated/α-hetero) is 1. The number of rotatable bonds is 4. The van der Waals surface area contributed by atoms with Crippen LogP contribution in [0.2, 0.25) is 0 Å². The molecule has 3 rings (SSSR count). The van der Waals surface area contributed by atoms with Crippen LogP contribution in [0, 0.1) is 0 Å². The molecule has 1 atom stereocenters. The fourth-order valence-corrected chi connectivity index (χ4v) is 3.91. The van der Waals surface area contributed by atoms with E-state index in [1.165, 1.54) is 0 Å². The highest BCUT2D eigenvalue weighted by molar-refractivity contribution is 7.98. The highest BCUT2D eigenvalue weighted by Crippen LogP contribution is 2.37. The van der Waals surface area contributed by atoms with E-state index in [9.17, 15) is 22.8 Å². The topological polar surface area (TPSA) is 46.6 Å². The summed E-state index contributed by atoms with van der Waals surface area (Å²) in [5, 5.41) is 0. The van der Waals surface area contributed by atoms with Gasteiger partial charge in [-0.15, -0.1) is 11.8 Å². The third-order valence-electron chi connectivity index (χ3n) is 4.25. The maximum absolute atomic E-state index is 12.4. The average Bonchev–Trinajstić information content (AvgIpc) is 2.55. The van der Waals surface area contributed by atoms with Crippen LogP contribution in [0.3, 0.4) is 0 Å². The largest absolute Gasteiger partial charge is 0.485 e. The molecule has 2 heterocycles. The number of carbonyl (C=O) groups excluding carboxylic acids is 2. The second kappa shape index (κ2) is 7.27. The molecule has 0 bridgehead atoms. The molecule has 0 aromatic heterocycles. The smallest absolute Gasteiger partial charge is 0.397 e. The summed E-state index contributed by atoms with van der Waals surface area (Å²) in [6, 6.07) is 4.38. The van der Waals surface area contributed by atoms with Crippen molar-refractivity contribution < 1.29 is 27.5 Å². The van der Waals surface area contributed by atoms with E-state index in [1.807, 2.05) is 0 Å². The van der Waals surface area contributed by atoms with Gasteiger partial charge in [0.15, 0.2) is 5.78 Å². The second-order valence-corrected chi connectivity index (χ2v) is 7.17. The van der Waals surface area contributed by atoms with Crippen molar-refractivity contribution >= 4 is 23.5 Å². The standard InChI is InChI=1S/C17H18F3NO3S/c18-17(19,20)10-25-9-11-4-5-14-12(7-11)16(13(22)8-24-14)21-6-2-1-3-15(21)23/h4-5,7,16H,1-3,6,8-10H2. The molecule has 0 radical (unpaired) electrons. The van der Waals surface area contributed by atoms with Gasteiger partial charge in [0.05, 0.1) is 5.75 Å². The number of alkyl halides is 3. The van der Waals surface area contributed by atoms with Gasteiger partial charge in [0.2, 0.25) is 5.91 Å². The lowest BCUT2D eigenvalue weighted by atomic mass is 9.94. The number of ketones is 1. The van der Waals surface area contributed by atoms with Crippen molar-refractivity contribution in [2.75, 3.05) is 18.9 Å². The number of nitrogens with zero attached hydrogens (tertiary/aromatic N) is 1. The van der Waals surface area contributed by atoms with Gasteiger partial charge < -0.3 is 9.64 Å². The van der Waals surface area contributed by atoms with Crippen LogP contribution in [0.15, 0.2) is 18.2 Å². The molecule has 1 fully saturated rings. The Morgan fingerprint density at radius 1 is 1.24 bits per heavy atom. The van der Waals surface area contributed by atoms with Crippen LogP contribution in [0.25, 0.3) is 0 Å². The lowest BCUT2D eigenvalue weighted by Gasteiger charge is -2.37. The van der Waals surface area contributed by atoms with E-state index in [0.717, 1.165) is 24.6 Å². The number of amides is 1. The normalized spacial score (nSPS) is 21.1. The Balaban J connectivity index is 1.82. The minimum absolute atomic E-state index is 0.0608. The first-order valence-electron chi connectivity index (χ1n) is 8.07. The predicted molar refractivity (Wildman–Crippen MR) is 87.5 cm³/mol. The molecular formula is C17H18F3NO3S. The SMILES string of the molecule is O=C1COc2ccc(CSCC(F)(F)F)cc2C1N1CCCCC1=O. The van der Waals surface area contributed by atoms with Crippen LogP contribution in [0.4, 0.5) is 13.2 Å². The van der Waals surface area contributed by atoms with E-state index >= 15 is 0 Å². The van der Waals surface area contributed by atoms with Gasteiger partial charge in [0.1, 0.15) is 18.4 Å². The molecule has 2 aliphatic heterocycles. The Hall–Kier alpha value is -1.70. The number of fused-ring (bicyclic) bond motifs is 1. The van der Waals surface area contributed by atoms with Gasteiger partial charge in [-0.3, -0.25) is 9.59 Å². The molecule has 1 aromatic rings. The highest BCUT2D eigenvalue weighted by atomic mass is 32.2. The zero-order valence-corrected chi connectivity index (χ0v) is 14.3. The fourth-order valence-electron chi connectivity index (χ4n) is 3.16. The molecule has 25 heavy (non-hydrogen) atoms. The fraction of sp³-hybridized carbons (Fsp3) is 0.529. The summed E-state index contributed by atoms with van der Waals surface area (Å²) >= 11 is 0.771. The summed E-state index contributed by atoms with van der Waals surface area (Å²) in [6.45, 7) is 0.422. The average molecular weight is 373 g/mol. The maximum atomic E-state index is 12.4. The molecule has 0 saturated carbocycles. The van der Waals surface area contributed by atoms with Gasteiger partial charge in [-0.1, -0.05) is 6.07 Å². The Labute approximate surface area is 147 Å². The molecule has 0 N–H and O–H groups in total. The summed E-state index contributed by atoms with van der Waals surface area (Å²) < 4.78 is 42.3. The summed E-state index contributed by atoms with van der Waals surface area (Å²) in [5.41, 5.74) is 1.26. The Bertz CT molecular complexity index is 678. The molecule has 2 aliphatic rings. The van der Waals surface area contributed by atoms with Crippen LogP contribution in [-0.2, 0) is 15.3 Å². The lowest BCUT2D eigenvalue weighted by Crippen LogP contribution is -2.45. The third-order valence-corrected chi connectivity index (χ3v) is 5.32. The summed E-state index contributed by atoms with van der Waals surface area (Å²) in [7, 11) is 0. The number of hydrogen-bond acceptors (Lipinski definition) is 4. The first kappa shape index (κ1) is 18.1. The molecule has 1 aromatic carbocycles. The number of carbonyl (C=O) groups is 2. The molecule has 8 heteroatoms. The van der Waals surface area contributed by atoms with Gasteiger partial charge in [0, 0.05) is 24.3 Å². The number of benzene rings is 1. The summed E-state index contributed by atoms with van der Waals surface area (Å²) in [6.07, 6.45) is -2.14. The van der Waals surface area contributed by atoms with Gasteiger partial charge in [0.25, 0.3) is 0 Å². The Morgan fingerprint density at radius 3 is 2.76 bits per heavy atom. The first-order chi connectivity index (χ1) is 11.8. The molecule has 4 nitrogen and oxygen atoms in total. The molecule has 1 unspecified atom stereocenters. The highest BCUT2D eigenvalue weighted by Gasteiger charge is 2.37. The van der Waals surface area contributed by atoms with E-state index in [0.29, 0.717) is 29.8 Å². The van der Waals surface area contributed by atoms with Crippen LogP contribution in [-0.4, -0.2) is 41.7 Å². The minimum Gasteiger partial charge on any atom is -0.485 e. The molecular weight excluding hydrogens is 355 g/mol.